The number of hydrogen-bond acceptors (Lipinski definition) is 1. The lowest BCUT2D eigenvalue weighted by molar-refractivity contribution is 0.0518. The molecule has 5 rings (SSSR count). The van der Waals surface area contributed by atoms with Gasteiger partial charge in [0.25, 0.3) is 0 Å². The zero-order valence-corrected chi connectivity index (χ0v) is 20.0. The molecular weight excluding hydrogens is 412 g/mol. The molecule has 4 aromatic rings. The molecule has 0 heterocycles. The van der Waals surface area contributed by atoms with Crippen LogP contribution in [0.15, 0.2) is 121 Å². The molecule has 1 aliphatic carbocycles. The second-order valence-electron chi connectivity index (χ2n) is 9.92. The molecule has 1 nitrogen and oxygen atoms in total. The Balaban J connectivity index is 2.00. The Morgan fingerprint density at radius 2 is 0.706 bits per heavy atom. The van der Waals surface area contributed by atoms with E-state index in [2.05, 4.69) is 118 Å². The molecule has 168 valence electrons. The van der Waals surface area contributed by atoms with Crippen LogP contribution in [0.5, 0.6) is 0 Å². The summed E-state index contributed by atoms with van der Waals surface area (Å²) in [5, 5.41) is 13.0. The molecule has 0 atom stereocenters. The fourth-order valence-corrected chi connectivity index (χ4v) is 5.19. The first-order valence-corrected chi connectivity index (χ1v) is 11.9. The first-order valence-electron chi connectivity index (χ1n) is 11.9. The third-order valence-corrected chi connectivity index (χ3v) is 6.81. The molecule has 0 fully saturated rings. The summed E-state index contributed by atoms with van der Waals surface area (Å²) in [6.07, 6.45) is 0. The maximum atomic E-state index is 13.0. The van der Waals surface area contributed by atoms with Gasteiger partial charge in [0, 0.05) is 11.1 Å². The number of benzene rings is 4. The minimum Gasteiger partial charge on any atom is -0.380 e. The molecule has 0 radical (unpaired) electrons. The van der Waals surface area contributed by atoms with Gasteiger partial charge in [0.2, 0.25) is 0 Å². The highest BCUT2D eigenvalue weighted by Crippen LogP contribution is 2.61. The number of allylic oxidation sites excluding steroid dienone is 2. The lowest BCUT2D eigenvalue weighted by atomic mass is 9.66. The van der Waals surface area contributed by atoms with Crippen LogP contribution in [0, 0.1) is 5.41 Å². The van der Waals surface area contributed by atoms with E-state index in [9.17, 15) is 5.11 Å². The highest BCUT2D eigenvalue weighted by atomic mass is 16.3. The maximum absolute atomic E-state index is 13.0. The van der Waals surface area contributed by atoms with Gasteiger partial charge in [-0.05, 0) is 38.8 Å². The molecule has 1 aliphatic rings. The van der Waals surface area contributed by atoms with Crippen molar-refractivity contribution in [2.24, 2.45) is 5.41 Å². The molecule has 0 unspecified atom stereocenters. The van der Waals surface area contributed by atoms with Gasteiger partial charge in [-0.25, -0.2) is 0 Å². The van der Waals surface area contributed by atoms with E-state index in [-0.39, 0.29) is 0 Å². The van der Waals surface area contributed by atoms with Crippen LogP contribution in [-0.4, -0.2) is 10.7 Å². The quantitative estimate of drug-likeness (QED) is 0.339. The fraction of sp³-hybridized carbons (Fsp3) is 0.152. The molecule has 0 bridgehead atoms. The van der Waals surface area contributed by atoms with E-state index in [0.29, 0.717) is 0 Å². The monoisotopic (exact) mass is 442 g/mol. The summed E-state index contributed by atoms with van der Waals surface area (Å²) < 4.78 is 0. The van der Waals surface area contributed by atoms with E-state index in [0.717, 1.165) is 44.5 Å². The van der Waals surface area contributed by atoms with Gasteiger partial charge in [0.05, 0.1) is 0 Å². The predicted octanol–water partition coefficient (Wildman–Crippen LogP) is 8.00. The van der Waals surface area contributed by atoms with Crippen molar-refractivity contribution < 1.29 is 5.11 Å². The van der Waals surface area contributed by atoms with Gasteiger partial charge in [0.1, 0.15) is 5.60 Å². The summed E-state index contributed by atoms with van der Waals surface area (Å²) in [6.45, 7) is 6.40. The van der Waals surface area contributed by atoms with Crippen LogP contribution in [0.1, 0.15) is 43.0 Å². The molecule has 0 amide bonds. The zero-order valence-electron chi connectivity index (χ0n) is 20.0. The molecule has 0 spiro atoms. The van der Waals surface area contributed by atoms with Crippen molar-refractivity contribution in [1.29, 1.82) is 0 Å². The van der Waals surface area contributed by atoms with E-state index in [1.54, 1.807) is 0 Å². The highest BCUT2D eigenvalue weighted by Gasteiger charge is 2.54. The molecular formula is C33H30O. The summed E-state index contributed by atoms with van der Waals surface area (Å²) in [6, 6.07) is 41.7. The van der Waals surface area contributed by atoms with E-state index in [1.165, 1.54) is 0 Å². The molecule has 0 aliphatic heterocycles. The zero-order chi connectivity index (χ0) is 23.8. The van der Waals surface area contributed by atoms with E-state index in [4.69, 9.17) is 0 Å². The van der Waals surface area contributed by atoms with E-state index >= 15 is 0 Å². The Kier molecular flexibility index (Phi) is 5.59. The van der Waals surface area contributed by atoms with Crippen LogP contribution in [0.2, 0.25) is 0 Å². The number of aliphatic hydroxyl groups is 1. The van der Waals surface area contributed by atoms with Crippen molar-refractivity contribution in [3.8, 4) is 0 Å². The summed E-state index contributed by atoms with van der Waals surface area (Å²) in [5.74, 6) is 0. The Labute approximate surface area is 202 Å². The SMILES string of the molecule is CC(C)(C)C1(O)C(c2ccccc2)=C(c2ccccc2)C(c2ccccc2)=C1c1ccccc1. The van der Waals surface area contributed by atoms with Crippen molar-refractivity contribution in [3.05, 3.63) is 144 Å². The van der Waals surface area contributed by atoms with Gasteiger partial charge in [-0.2, -0.15) is 0 Å². The molecule has 1 N–H and O–H groups in total. The Hall–Kier alpha value is -3.68. The highest BCUT2D eigenvalue weighted by molar-refractivity contribution is 6.31. The molecule has 1 heteroatoms. The largest absolute Gasteiger partial charge is 0.380 e. The number of rotatable bonds is 4. The van der Waals surface area contributed by atoms with Crippen molar-refractivity contribution in [2.75, 3.05) is 0 Å². The van der Waals surface area contributed by atoms with Gasteiger partial charge < -0.3 is 5.11 Å². The fourth-order valence-electron chi connectivity index (χ4n) is 5.19. The minimum atomic E-state index is -1.22. The Bertz CT molecular complexity index is 1240. The van der Waals surface area contributed by atoms with Crippen LogP contribution in [0.25, 0.3) is 22.3 Å². The lowest BCUT2D eigenvalue weighted by Gasteiger charge is -2.42. The van der Waals surface area contributed by atoms with Gasteiger partial charge in [-0.3, -0.25) is 0 Å². The average Bonchev–Trinajstić information content (AvgIpc) is 3.16. The van der Waals surface area contributed by atoms with Gasteiger partial charge in [0.15, 0.2) is 0 Å². The first-order chi connectivity index (χ1) is 16.4. The van der Waals surface area contributed by atoms with Crippen LogP contribution in [0.4, 0.5) is 0 Å². The third kappa shape index (κ3) is 3.54. The van der Waals surface area contributed by atoms with Crippen LogP contribution in [0.3, 0.4) is 0 Å². The van der Waals surface area contributed by atoms with Crippen LogP contribution in [-0.2, 0) is 0 Å². The van der Waals surface area contributed by atoms with Gasteiger partial charge >= 0.3 is 0 Å². The normalized spacial score (nSPS) is 15.6. The summed E-state index contributed by atoms with van der Waals surface area (Å²) in [7, 11) is 0. The van der Waals surface area contributed by atoms with Crippen LogP contribution < -0.4 is 0 Å². The topological polar surface area (TPSA) is 20.2 Å². The standard InChI is InChI=1S/C33H30O/c1-32(2,3)33(34)30(26-20-12-6-13-21-26)28(24-16-8-4-9-17-24)29(25-18-10-5-11-19-25)31(33)27-22-14-7-15-23-27/h4-23,34H,1-3H3. The molecule has 0 saturated heterocycles. The minimum absolute atomic E-state index is 0.472. The molecule has 4 aromatic carbocycles. The molecule has 0 aromatic heterocycles. The van der Waals surface area contributed by atoms with E-state index < -0.39 is 11.0 Å². The van der Waals surface area contributed by atoms with Gasteiger partial charge in [-0.1, -0.05) is 142 Å². The lowest BCUT2D eigenvalue weighted by Crippen LogP contribution is -2.43. The number of hydrogen-bond donors (Lipinski definition) is 1. The summed E-state index contributed by atoms with van der Waals surface area (Å²) >= 11 is 0. The second-order valence-corrected chi connectivity index (χ2v) is 9.92. The Morgan fingerprint density at radius 1 is 0.441 bits per heavy atom. The second kappa shape index (κ2) is 8.59. The molecule has 0 saturated carbocycles. The van der Waals surface area contributed by atoms with Crippen LogP contribution >= 0.6 is 0 Å². The average molecular weight is 443 g/mol. The first kappa shape index (κ1) is 22.1. The van der Waals surface area contributed by atoms with Crippen molar-refractivity contribution in [1.82, 2.24) is 0 Å². The molecule has 34 heavy (non-hydrogen) atoms. The van der Waals surface area contributed by atoms with Crippen molar-refractivity contribution >= 4 is 22.3 Å². The maximum Gasteiger partial charge on any atom is 0.122 e. The predicted molar refractivity (Wildman–Crippen MR) is 144 cm³/mol. The third-order valence-electron chi connectivity index (χ3n) is 6.81. The van der Waals surface area contributed by atoms with Crippen molar-refractivity contribution in [2.45, 2.75) is 26.4 Å². The van der Waals surface area contributed by atoms with E-state index in [1.807, 2.05) is 24.3 Å². The van der Waals surface area contributed by atoms with Crippen molar-refractivity contribution in [3.63, 3.8) is 0 Å². The summed E-state index contributed by atoms with van der Waals surface area (Å²) in [4.78, 5) is 0. The summed E-state index contributed by atoms with van der Waals surface area (Å²) in [5.41, 5.74) is 6.71. The van der Waals surface area contributed by atoms with Gasteiger partial charge in [-0.15, -0.1) is 0 Å². The Morgan fingerprint density at radius 3 is 0.971 bits per heavy atom. The smallest absolute Gasteiger partial charge is 0.122 e.